The zero-order valence-corrected chi connectivity index (χ0v) is 43.6. The zero-order chi connectivity index (χ0) is 48.9. The maximum absolute atomic E-state index is 7.27. The highest BCUT2D eigenvalue weighted by Crippen LogP contribution is 2.65. The summed E-state index contributed by atoms with van der Waals surface area (Å²) in [6, 6.07) is 81.3. The highest BCUT2D eigenvalue weighted by Gasteiger charge is 2.53. The standard InChI is InChI=1S/C66H55N3OSi2/c1-71(2,3)52-32-27-49(28-33-52)68(47-21-9-7-10-22-47)51-31-36-56-57(41-51)66(58-38-44-18-13-14-19-45(44)39-63(58)70-64-40-46-20-17-37-67-61(46)42-59(64)66)60-43-62(54-25-15-16-26-55(54)65(56)60)69(48-23-11-8-12-24-48)50-29-34-53(35-30-50)72(4,5)6/h7-43H,1-6H3. The molecule has 1 spiro atoms. The topological polar surface area (TPSA) is 28.6 Å². The SMILES string of the molecule is C[Si](C)(C)c1ccc(N(c2ccccc2)c2ccc3c(c2)C2(c4cc5ccccc5cc4Oc4cc5cccnc5cc42)c2cc(N(c4ccccc4)c4ccc([Si](C)(C)C)cc4)c4ccccc4c2-3)cc1. The first-order chi connectivity index (χ1) is 34.9. The molecule has 0 N–H and O–H groups in total. The van der Waals surface area contributed by atoms with Gasteiger partial charge in [-0.25, -0.2) is 0 Å². The Labute approximate surface area is 424 Å². The number of benzene rings is 10. The van der Waals surface area contributed by atoms with E-state index >= 15 is 0 Å². The van der Waals surface area contributed by atoms with Crippen molar-refractivity contribution in [3.8, 4) is 22.6 Å². The molecule has 1 atom stereocenters. The summed E-state index contributed by atoms with van der Waals surface area (Å²) in [5.74, 6) is 1.69. The molecule has 6 heteroatoms. The van der Waals surface area contributed by atoms with Crippen LogP contribution in [0.25, 0.3) is 43.6 Å². The van der Waals surface area contributed by atoms with Crippen LogP contribution in [-0.4, -0.2) is 21.1 Å². The van der Waals surface area contributed by atoms with Crippen molar-refractivity contribution in [3.63, 3.8) is 0 Å². The van der Waals surface area contributed by atoms with Crippen molar-refractivity contribution >= 4 is 93.1 Å². The summed E-state index contributed by atoms with van der Waals surface area (Å²) in [4.78, 5) is 9.95. The molecule has 1 aromatic heterocycles. The van der Waals surface area contributed by atoms with Gasteiger partial charge in [-0.1, -0.05) is 171 Å². The Bertz CT molecular complexity index is 3830. The average molecular weight is 962 g/mol. The quantitative estimate of drug-likeness (QED) is 0.142. The highest BCUT2D eigenvalue weighted by molar-refractivity contribution is 6.89. The molecule has 4 nitrogen and oxygen atoms in total. The molecule has 0 saturated heterocycles. The maximum Gasteiger partial charge on any atom is 0.132 e. The summed E-state index contributed by atoms with van der Waals surface area (Å²) in [5, 5.41) is 8.59. The monoisotopic (exact) mass is 961 g/mol. The highest BCUT2D eigenvalue weighted by atomic mass is 28.3. The number of anilines is 6. The zero-order valence-electron chi connectivity index (χ0n) is 41.6. The minimum absolute atomic E-state index is 0.834. The second kappa shape index (κ2) is 16.5. The maximum atomic E-state index is 7.27. The summed E-state index contributed by atoms with van der Waals surface area (Å²) in [6.07, 6.45) is 1.91. The Morgan fingerprint density at radius 2 is 0.889 bits per heavy atom. The number of pyridine rings is 1. The molecule has 0 amide bonds. The first kappa shape index (κ1) is 43.9. The van der Waals surface area contributed by atoms with Gasteiger partial charge in [0.05, 0.1) is 32.8 Å². The van der Waals surface area contributed by atoms with E-state index in [1.54, 1.807) is 0 Å². The molecular formula is C66H55N3OSi2. The molecule has 0 saturated carbocycles. The van der Waals surface area contributed by atoms with Gasteiger partial charge in [0.2, 0.25) is 0 Å². The van der Waals surface area contributed by atoms with Gasteiger partial charge in [-0.3, -0.25) is 4.98 Å². The number of hydrogen-bond acceptors (Lipinski definition) is 4. The van der Waals surface area contributed by atoms with Gasteiger partial charge in [0.1, 0.15) is 11.5 Å². The number of ether oxygens (including phenoxy) is 1. The Morgan fingerprint density at radius 3 is 1.53 bits per heavy atom. The number of hydrogen-bond donors (Lipinski definition) is 0. The van der Waals surface area contributed by atoms with Gasteiger partial charge in [0.25, 0.3) is 0 Å². The minimum atomic E-state index is -1.58. The summed E-state index contributed by atoms with van der Waals surface area (Å²) in [6.45, 7) is 14.5. The fourth-order valence-electron chi connectivity index (χ4n) is 11.6. The molecule has 13 rings (SSSR count). The molecule has 0 bridgehead atoms. The lowest BCUT2D eigenvalue weighted by atomic mass is 9.65. The van der Waals surface area contributed by atoms with Crippen LogP contribution in [0.5, 0.6) is 11.5 Å². The summed E-state index contributed by atoms with van der Waals surface area (Å²) >= 11 is 0. The van der Waals surface area contributed by atoms with E-state index in [4.69, 9.17) is 9.72 Å². The normalized spacial score (nSPS) is 14.7. The van der Waals surface area contributed by atoms with Crippen molar-refractivity contribution < 1.29 is 4.74 Å². The molecule has 0 fully saturated rings. The molecule has 2 aliphatic rings. The number of aromatic nitrogens is 1. The fraction of sp³-hybridized carbons (Fsp3) is 0.106. The van der Waals surface area contributed by atoms with E-state index in [2.05, 4.69) is 261 Å². The molecule has 10 aromatic carbocycles. The molecule has 1 aliphatic heterocycles. The van der Waals surface area contributed by atoms with Crippen LogP contribution in [-0.2, 0) is 5.41 Å². The van der Waals surface area contributed by atoms with Crippen molar-refractivity contribution in [1.29, 1.82) is 0 Å². The lowest BCUT2D eigenvalue weighted by molar-refractivity contribution is 0.438. The Kier molecular flexibility index (Phi) is 10.1. The smallest absolute Gasteiger partial charge is 0.132 e. The van der Waals surface area contributed by atoms with Crippen LogP contribution in [0.4, 0.5) is 34.1 Å². The van der Waals surface area contributed by atoms with E-state index in [9.17, 15) is 0 Å². The Morgan fingerprint density at radius 1 is 0.389 bits per heavy atom. The van der Waals surface area contributed by atoms with Crippen LogP contribution in [0, 0.1) is 0 Å². The van der Waals surface area contributed by atoms with Crippen molar-refractivity contribution in [3.05, 3.63) is 247 Å². The van der Waals surface area contributed by atoms with Crippen molar-refractivity contribution in [1.82, 2.24) is 4.98 Å². The third kappa shape index (κ3) is 6.96. The number of rotatable bonds is 8. The van der Waals surface area contributed by atoms with Crippen LogP contribution < -0.4 is 24.9 Å². The summed E-state index contributed by atoms with van der Waals surface area (Å²) < 4.78 is 7.27. The van der Waals surface area contributed by atoms with Crippen molar-refractivity contribution in [2.24, 2.45) is 0 Å². The lowest BCUT2D eigenvalue weighted by Gasteiger charge is -2.40. The van der Waals surface area contributed by atoms with Crippen LogP contribution in [0.15, 0.2) is 225 Å². The van der Waals surface area contributed by atoms with E-state index in [1.807, 2.05) is 12.3 Å². The number of nitrogens with zero attached hydrogens (tertiary/aromatic N) is 3. The molecular weight excluding hydrogens is 907 g/mol. The van der Waals surface area contributed by atoms with Gasteiger partial charge in [0.15, 0.2) is 0 Å². The largest absolute Gasteiger partial charge is 0.457 e. The molecule has 348 valence electrons. The first-order valence-electron chi connectivity index (χ1n) is 25.2. The molecule has 2 heterocycles. The predicted molar refractivity (Wildman–Crippen MR) is 309 cm³/mol. The van der Waals surface area contributed by atoms with Crippen LogP contribution >= 0.6 is 0 Å². The van der Waals surface area contributed by atoms with Crippen molar-refractivity contribution in [2.75, 3.05) is 9.80 Å². The predicted octanol–water partition coefficient (Wildman–Crippen LogP) is 17.0. The summed E-state index contributed by atoms with van der Waals surface area (Å²) in [7, 11) is -3.14. The van der Waals surface area contributed by atoms with Crippen LogP contribution in [0.3, 0.4) is 0 Å². The average Bonchev–Trinajstić information content (AvgIpc) is 3.69. The van der Waals surface area contributed by atoms with E-state index < -0.39 is 21.6 Å². The van der Waals surface area contributed by atoms with E-state index in [1.165, 1.54) is 43.4 Å². The van der Waals surface area contributed by atoms with Crippen LogP contribution in [0.1, 0.15) is 22.3 Å². The third-order valence-corrected chi connectivity index (χ3v) is 19.3. The second-order valence-corrected chi connectivity index (χ2v) is 31.8. The van der Waals surface area contributed by atoms with E-state index in [0.29, 0.717) is 0 Å². The van der Waals surface area contributed by atoms with Gasteiger partial charge < -0.3 is 14.5 Å². The van der Waals surface area contributed by atoms with Crippen LogP contribution in [0.2, 0.25) is 39.3 Å². The number of fused-ring (bicyclic) bond motifs is 13. The van der Waals surface area contributed by atoms with Gasteiger partial charge in [-0.05, 0) is 135 Å². The third-order valence-electron chi connectivity index (χ3n) is 15.2. The summed E-state index contributed by atoms with van der Waals surface area (Å²) in [5.41, 5.74) is 13.8. The Hall–Kier alpha value is -8.04. The van der Waals surface area contributed by atoms with Crippen molar-refractivity contribution in [2.45, 2.75) is 44.7 Å². The molecule has 1 unspecified atom stereocenters. The Balaban J connectivity index is 1.17. The number of para-hydroxylation sites is 2. The fourth-order valence-corrected chi connectivity index (χ4v) is 14.0. The van der Waals surface area contributed by atoms with Gasteiger partial charge in [0, 0.05) is 56.5 Å². The molecule has 0 radical (unpaired) electrons. The second-order valence-electron chi connectivity index (χ2n) is 21.6. The minimum Gasteiger partial charge on any atom is -0.457 e. The van der Waals surface area contributed by atoms with E-state index in [0.717, 1.165) is 78.4 Å². The molecule has 72 heavy (non-hydrogen) atoms. The molecule has 1 aliphatic carbocycles. The van der Waals surface area contributed by atoms with Gasteiger partial charge >= 0.3 is 0 Å². The van der Waals surface area contributed by atoms with Gasteiger partial charge in [-0.2, -0.15) is 0 Å². The molecule has 11 aromatic rings. The lowest BCUT2D eigenvalue weighted by Crippen LogP contribution is -2.37. The first-order valence-corrected chi connectivity index (χ1v) is 32.2. The van der Waals surface area contributed by atoms with E-state index in [-0.39, 0.29) is 0 Å². The van der Waals surface area contributed by atoms with Gasteiger partial charge in [-0.15, -0.1) is 0 Å².